The molecule has 1 aliphatic heterocycles. The lowest BCUT2D eigenvalue weighted by Gasteiger charge is -2.24. The van der Waals surface area contributed by atoms with Crippen molar-refractivity contribution in [1.82, 2.24) is 10.2 Å². The van der Waals surface area contributed by atoms with Gasteiger partial charge in [-0.15, -0.1) is 0 Å². The highest BCUT2D eigenvalue weighted by atomic mass is 16.3. The Hall–Kier alpha value is -3.38. The highest BCUT2D eigenvalue weighted by Gasteiger charge is 2.28. The Morgan fingerprint density at radius 1 is 1.03 bits per heavy atom. The molecule has 4 rings (SSSR count). The smallest absolute Gasteiger partial charge is 0.291 e. The topological polar surface area (TPSA) is 74.6 Å². The Kier molecular flexibility index (Phi) is 5.95. The van der Waals surface area contributed by atoms with Crippen LogP contribution < -0.4 is 10.6 Å². The van der Waals surface area contributed by atoms with Crippen LogP contribution in [0.25, 0.3) is 0 Å². The minimum Gasteiger partial charge on any atom is -0.459 e. The molecule has 2 atom stereocenters. The molecule has 2 aromatic carbocycles. The summed E-state index contributed by atoms with van der Waals surface area (Å²) in [6.07, 6.45) is 2.36. The quantitative estimate of drug-likeness (QED) is 0.650. The zero-order valence-corrected chi connectivity index (χ0v) is 16.9. The second kappa shape index (κ2) is 8.97. The molecule has 2 N–H and O–H groups in total. The molecule has 3 aromatic rings. The van der Waals surface area contributed by atoms with Gasteiger partial charge in [-0.1, -0.05) is 36.4 Å². The maximum atomic E-state index is 12.8. The van der Waals surface area contributed by atoms with Crippen LogP contribution in [0.1, 0.15) is 45.9 Å². The Morgan fingerprint density at radius 3 is 2.63 bits per heavy atom. The highest BCUT2D eigenvalue weighted by molar-refractivity contribution is 6.03. The summed E-state index contributed by atoms with van der Waals surface area (Å²) in [5.74, 6) is -0.259. The number of amides is 2. The number of nitrogens with one attached hydrogen (secondary N) is 2. The Labute approximate surface area is 175 Å². The molecule has 0 bridgehead atoms. The summed E-state index contributed by atoms with van der Waals surface area (Å²) in [6.45, 7) is 3.96. The number of benzene rings is 2. The third-order valence-electron chi connectivity index (χ3n) is 5.51. The van der Waals surface area contributed by atoms with Crippen molar-refractivity contribution in [3.8, 4) is 0 Å². The SMILES string of the molecule is CC(c1ccccc1)N1CCC(NC(=O)c2cccc(NC(=O)c3ccco3)c2)C1. The van der Waals surface area contributed by atoms with Crippen molar-refractivity contribution in [2.24, 2.45) is 0 Å². The predicted molar refractivity (Wildman–Crippen MR) is 115 cm³/mol. The molecule has 0 saturated carbocycles. The number of anilines is 1. The van der Waals surface area contributed by atoms with Gasteiger partial charge in [-0.2, -0.15) is 0 Å². The van der Waals surface area contributed by atoms with Crippen molar-refractivity contribution >= 4 is 17.5 Å². The van der Waals surface area contributed by atoms with Crippen LogP contribution in [0.4, 0.5) is 5.69 Å². The van der Waals surface area contributed by atoms with E-state index in [4.69, 9.17) is 4.42 Å². The normalized spacial score (nSPS) is 17.4. The van der Waals surface area contributed by atoms with Gasteiger partial charge in [0.2, 0.25) is 0 Å². The number of hydrogen-bond donors (Lipinski definition) is 2. The van der Waals surface area contributed by atoms with E-state index in [2.05, 4.69) is 46.7 Å². The molecule has 1 fully saturated rings. The molecule has 2 unspecified atom stereocenters. The van der Waals surface area contributed by atoms with Gasteiger partial charge >= 0.3 is 0 Å². The molecule has 0 spiro atoms. The zero-order chi connectivity index (χ0) is 20.9. The molecule has 30 heavy (non-hydrogen) atoms. The lowest BCUT2D eigenvalue weighted by atomic mass is 10.1. The van der Waals surface area contributed by atoms with E-state index in [0.29, 0.717) is 17.3 Å². The fourth-order valence-electron chi connectivity index (χ4n) is 3.81. The van der Waals surface area contributed by atoms with Gasteiger partial charge in [-0.3, -0.25) is 14.5 Å². The summed E-state index contributed by atoms with van der Waals surface area (Å²) < 4.78 is 5.10. The van der Waals surface area contributed by atoms with Crippen molar-refractivity contribution < 1.29 is 14.0 Å². The predicted octanol–water partition coefficient (Wildman–Crippen LogP) is 4.10. The molecule has 0 radical (unpaired) electrons. The van der Waals surface area contributed by atoms with Gasteiger partial charge in [-0.05, 0) is 49.2 Å². The molecule has 6 heteroatoms. The average Bonchev–Trinajstić information content (AvgIpc) is 3.46. The maximum absolute atomic E-state index is 12.8. The van der Waals surface area contributed by atoms with Crippen LogP contribution in [0.15, 0.2) is 77.4 Å². The number of furan rings is 1. The fourth-order valence-corrected chi connectivity index (χ4v) is 3.81. The lowest BCUT2D eigenvalue weighted by Crippen LogP contribution is -2.37. The molecule has 1 aliphatic rings. The minimum absolute atomic E-state index is 0.102. The minimum atomic E-state index is -0.348. The van der Waals surface area contributed by atoms with Crippen molar-refractivity contribution in [3.05, 3.63) is 89.9 Å². The van der Waals surface area contributed by atoms with E-state index in [0.717, 1.165) is 19.5 Å². The van der Waals surface area contributed by atoms with Crippen molar-refractivity contribution in [3.63, 3.8) is 0 Å². The molecule has 6 nitrogen and oxygen atoms in total. The first-order chi connectivity index (χ1) is 14.6. The molecular weight excluding hydrogens is 378 g/mol. The number of hydrogen-bond acceptors (Lipinski definition) is 4. The van der Waals surface area contributed by atoms with Crippen LogP contribution in [0, 0.1) is 0 Å². The van der Waals surface area contributed by atoms with Crippen molar-refractivity contribution in [2.75, 3.05) is 18.4 Å². The van der Waals surface area contributed by atoms with Crippen molar-refractivity contribution in [2.45, 2.75) is 25.4 Å². The number of rotatable bonds is 6. The van der Waals surface area contributed by atoms with Gasteiger partial charge < -0.3 is 15.1 Å². The summed E-state index contributed by atoms with van der Waals surface area (Å²) in [5.41, 5.74) is 2.35. The molecule has 0 aliphatic carbocycles. The molecule has 2 heterocycles. The zero-order valence-electron chi connectivity index (χ0n) is 16.9. The van der Waals surface area contributed by atoms with E-state index in [-0.39, 0.29) is 23.6 Å². The molecule has 2 amide bonds. The van der Waals surface area contributed by atoms with E-state index < -0.39 is 0 Å². The van der Waals surface area contributed by atoms with Crippen LogP contribution >= 0.6 is 0 Å². The van der Waals surface area contributed by atoms with E-state index in [9.17, 15) is 9.59 Å². The molecular formula is C24H25N3O3. The fraction of sp³-hybridized carbons (Fsp3) is 0.250. The summed E-state index contributed by atoms with van der Waals surface area (Å²) in [7, 11) is 0. The van der Waals surface area contributed by atoms with Gasteiger partial charge in [0, 0.05) is 36.4 Å². The monoisotopic (exact) mass is 403 g/mol. The van der Waals surface area contributed by atoms with Gasteiger partial charge in [0.15, 0.2) is 5.76 Å². The highest BCUT2D eigenvalue weighted by Crippen LogP contribution is 2.24. The second-order valence-corrected chi connectivity index (χ2v) is 7.55. The second-order valence-electron chi connectivity index (χ2n) is 7.55. The number of carbonyl (C=O) groups is 2. The number of carbonyl (C=O) groups excluding carboxylic acids is 2. The molecule has 1 aromatic heterocycles. The first kappa shape index (κ1) is 19.9. The first-order valence-corrected chi connectivity index (χ1v) is 10.1. The number of nitrogens with zero attached hydrogens (tertiary/aromatic N) is 1. The summed E-state index contributed by atoms with van der Waals surface area (Å²) in [6, 6.07) is 21.0. The Morgan fingerprint density at radius 2 is 1.87 bits per heavy atom. The van der Waals surface area contributed by atoms with Crippen molar-refractivity contribution in [1.29, 1.82) is 0 Å². The van der Waals surface area contributed by atoms with E-state index >= 15 is 0 Å². The van der Waals surface area contributed by atoms with Crippen LogP contribution in [0.5, 0.6) is 0 Å². The average molecular weight is 403 g/mol. The Balaban J connectivity index is 1.35. The number of likely N-dealkylation sites (tertiary alicyclic amines) is 1. The third kappa shape index (κ3) is 4.60. The van der Waals surface area contributed by atoms with Crippen LogP contribution in [0.2, 0.25) is 0 Å². The summed E-state index contributed by atoms with van der Waals surface area (Å²) >= 11 is 0. The standard InChI is InChI=1S/C24H25N3O3/c1-17(18-7-3-2-4-8-18)27-13-12-21(16-27)26-23(28)19-9-5-10-20(15-19)25-24(29)22-11-6-14-30-22/h2-11,14-15,17,21H,12-13,16H2,1H3,(H,25,29)(H,26,28). The lowest BCUT2D eigenvalue weighted by molar-refractivity contribution is 0.0935. The van der Waals surface area contributed by atoms with E-state index in [1.54, 1.807) is 36.4 Å². The summed E-state index contributed by atoms with van der Waals surface area (Å²) in [5, 5.41) is 5.88. The van der Waals surface area contributed by atoms with Crippen LogP contribution in [-0.2, 0) is 0 Å². The van der Waals surface area contributed by atoms with E-state index in [1.807, 2.05) is 6.07 Å². The molecule has 1 saturated heterocycles. The van der Waals surface area contributed by atoms with Gasteiger partial charge in [0.05, 0.1) is 6.26 Å². The van der Waals surface area contributed by atoms with E-state index in [1.165, 1.54) is 11.8 Å². The Bertz CT molecular complexity index is 1000. The molecule has 154 valence electrons. The van der Waals surface area contributed by atoms with Gasteiger partial charge in [-0.25, -0.2) is 0 Å². The van der Waals surface area contributed by atoms with Gasteiger partial charge in [0.1, 0.15) is 0 Å². The third-order valence-corrected chi connectivity index (χ3v) is 5.51. The van der Waals surface area contributed by atoms with Gasteiger partial charge in [0.25, 0.3) is 11.8 Å². The van der Waals surface area contributed by atoms with Crippen LogP contribution in [-0.4, -0.2) is 35.8 Å². The summed E-state index contributed by atoms with van der Waals surface area (Å²) in [4.78, 5) is 27.3. The first-order valence-electron chi connectivity index (χ1n) is 10.1. The maximum Gasteiger partial charge on any atom is 0.291 e. The van der Waals surface area contributed by atoms with Crippen LogP contribution in [0.3, 0.4) is 0 Å². The largest absolute Gasteiger partial charge is 0.459 e.